The second-order valence-corrected chi connectivity index (χ2v) is 4.70. The van der Waals surface area contributed by atoms with Gasteiger partial charge >= 0.3 is 0 Å². The van der Waals surface area contributed by atoms with Crippen LogP contribution in [0.1, 0.15) is 19.4 Å². The summed E-state index contributed by atoms with van der Waals surface area (Å²) in [5, 5.41) is 6.99. The normalized spacial score (nSPS) is 12.1. The summed E-state index contributed by atoms with van der Waals surface area (Å²) < 4.78 is 2.51. The van der Waals surface area contributed by atoms with E-state index in [9.17, 15) is 4.79 Å². The van der Waals surface area contributed by atoms with Crippen molar-refractivity contribution in [1.82, 2.24) is 14.8 Å². The maximum absolute atomic E-state index is 12.1. The van der Waals surface area contributed by atoms with Crippen molar-refractivity contribution in [2.75, 3.05) is 5.32 Å². The van der Waals surface area contributed by atoms with Crippen molar-refractivity contribution in [3.63, 3.8) is 0 Å². The predicted molar refractivity (Wildman–Crippen MR) is 72.1 cm³/mol. The number of carbonyl (C=O) groups is 1. The molecule has 1 unspecified atom stereocenters. The Hall–Kier alpha value is -1.69. The number of hydrogen-bond donors (Lipinski definition) is 1. The van der Waals surface area contributed by atoms with Gasteiger partial charge in [0, 0.05) is 24.3 Å². The van der Waals surface area contributed by atoms with Crippen LogP contribution in [-0.2, 0) is 4.79 Å². The Kier molecular flexibility index (Phi) is 4.09. The molecule has 2 aromatic rings. The van der Waals surface area contributed by atoms with Crippen LogP contribution in [0.4, 0.5) is 5.69 Å². The standard InChI is InChI=1S/C12H13BrN4O/c1-2-11(17-8-9(13)7-15-17)12(18)16-10-3-5-14-6-4-10/h3-8,11H,2H2,1H3,(H,14,16,18). The minimum atomic E-state index is -0.315. The van der Waals surface area contributed by atoms with Gasteiger partial charge in [0.05, 0.1) is 10.7 Å². The van der Waals surface area contributed by atoms with Crippen molar-refractivity contribution in [2.24, 2.45) is 0 Å². The summed E-state index contributed by atoms with van der Waals surface area (Å²) in [4.78, 5) is 16.0. The van der Waals surface area contributed by atoms with Crippen molar-refractivity contribution in [1.29, 1.82) is 0 Å². The molecule has 2 heterocycles. The van der Waals surface area contributed by atoms with Gasteiger partial charge in [-0.25, -0.2) is 0 Å². The molecule has 2 aromatic heterocycles. The van der Waals surface area contributed by atoms with Crippen molar-refractivity contribution < 1.29 is 4.79 Å². The van der Waals surface area contributed by atoms with Gasteiger partial charge in [-0.1, -0.05) is 6.92 Å². The largest absolute Gasteiger partial charge is 0.324 e. The Balaban J connectivity index is 2.11. The molecule has 0 fully saturated rings. The molecule has 6 heteroatoms. The first-order valence-electron chi connectivity index (χ1n) is 5.61. The SMILES string of the molecule is CCC(C(=O)Nc1ccncc1)n1cc(Br)cn1. The van der Waals surface area contributed by atoms with Gasteiger partial charge in [-0.3, -0.25) is 14.5 Å². The second kappa shape index (κ2) is 5.77. The summed E-state index contributed by atoms with van der Waals surface area (Å²) in [6.45, 7) is 1.95. The molecule has 0 saturated heterocycles. The number of anilines is 1. The number of amides is 1. The highest BCUT2D eigenvalue weighted by Gasteiger charge is 2.19. The van der Waals surface area contributed by atoms with Gasteiger partial charge in [0.2, 0.25) is 5.91 Å². The molecule has 0 aromatic carbocycles. The summed E-state index contributed by atoms with van der Waals surface area (Å²) in [5.41, 5.74) is 0.736. The summed E-state index contributed by atoms with van der Waals surface area (Å²) in [5.74, 6) is -0.0840. The number of aromatic nitrogens is 3. The summed E-state index contributed by atoms with van der Waals surface area (Å²) >= 11 is 3.32. The molecule has 5 nitrogen and oxygen atoms in total. The number of carbonyl (C=O) groups excluding carboxylic acids is 1. The van der Waals surface area contributed by atoms with Gasteiger partial charge in [-0.2, -0.15) is 5.10 Å². The lowest BCUT2D eigenvalue weighted by atomic mass is 10.2. The van der Waals surface area contributed by atoms with Crippen molar-refractivity contribution in [3.05, 3.63) is 41.4 Å². The first-order chi connectivity index (χ1) is 8.70. The molecule has 0 aliphatic rings. The Morgan fingerprint density at radius 1 is 1.50 bits per heavy atom. The number of nitrogens with zero attached hydrogens (tertiary/aromatic N) is 3. The monoisotopic (exact) mass is 308 g/mol. The summed E-state index contributed by atoms with van der Waals surface area (Å²) in [6.07, 6.45) is 7.41. The number of halogens is 1. The van der Waals surface area contributed by atoms with Crippen LogP contribution in [-0.4, -0.2) is 20.7 Å². The Bertz CT molecular complexity index is 526. The average molecular weight is 309 g/mol. The maximum Gasteiger partial charge on any atom is 0.249 e. The molecular weight excluding hydrogens is 296 g/mol. The molecule has 2 rings (SSSR count). The maximum atomic E-state index is 12.1. The van der Waals surface area contributed by atoms with E-state index in [1.165, 1.54) is 0 Å². The molecule has 0 bridgehead atoms. The minimum absolute atomic E-state index is 0.0840. The molecule has 0 aliphatic carbocycles. The molecule has 0 spiro atoms. The topological polar surface area (TPSA) is 59.8 Å². The van der Waals surface area contributed by atoms with Gasteiger partial charge in [0.15, 0.2) is 0 Å². The fourth-order valence-corrected chi connectivity index (χ4v) is 1.94. The Labute approximate surface area is 113 Å². The lowest BCUT2D eigenvalue weighted by Gasteiger charge is -2.15. The lowest BCUT2D eigenvalue weighted by molar-refractivity contribution is -0.119. The van der Waals surface area contributed by atoms with E-state index in [1.54, 1.807) is 41.6 Å². The first kappa shape index (κ1) is 12.8. The quantitative estimate of drug-likeness (QED) is 0.944. The molecule has 1 N–H and O–H groups in total. The van der Waals surface area contributed by atoms with Crippen molar-refractivity contribution in [3.8, 4) is 0 Å². The lowest BCUT2D eigenvalue weighted by Crippen LogP contribution is -2.25. The van der Waals surface area contributed by atoms with Crippen LogP contribution >= 0.6 is 15.9 Å². The number of rotatable bonds is 4. The van der Waals surface area contributed by atoms with Crippen molar-refractivity contribution >= 4 is 27.5 Å². The van der Waals surface area contributed by atoms with Gasteiger partial charge in [0.1, 0.15) is 6.04 Å². The van der Waals surface area contributed by atoms with Gasteiger partial charge in [-0.05, 0) is 34.5 Å². The highest BCUT2D eigenvalue weighted by atomic mass is 79.9. The van der Waals surface area contributed by atoms with Crippen LogP contribution in [0.5, 0.6) is 0 Å². The zero-order chi connectivity index (χ0) is 13.0. The number of pyridine rings is 1. The molecule has 1 amide bonds. The molecule has 0 radical (unpaired) electrons. The Morgan fingerprint density at radius 3 is 2.78 bits per heavy atom. The van der Waals surface area contributed by atoms with E-state index in [1.807, 2.05) is 6.92 Å². The van der Waals surface area contributed by atoms with E-state index in [0.717, 1.165) is 10.2 Å². The Morgan fingerprint density at radius 2 is 2.22 bits per heavy atom. The number of nitrogens with one attached hydrogen (secondary N) is 1. The highest BCUT2D eigenvalue weighted by molar-refractivity contribution is 9.10. The fourth-order valence-electron chi connectivity index (χ4n) is 1.64. The third kappa shape index (κ3) is 2.95. The van der Waals surface area contributed by atoms with Gasteiger partial charge in [-0.15, -0.1) is 0 Å². The van der Waals surface area contributed by atoms with Gasteiger partial charge < -0.3 is 5.32 Å². The molecule has 18 heavy (non-hydrogen) atoms. The van der Waals surface area contributed by atoms with Crippen LogP contribution in [0.2, 0.25) is 0 Å². The molecule has 1 atom stereocenters. The second-order valence-electron chi connectivity index (χ2n) is 3.79. The average Bonchev–Trinajstić information content (AvgIpc) is 2.78. The zero-order valence-corrected chi connectivity index (χ0v) is 11.5. The first-order valence-corrected chi connectivity index (χ1v) is 6.40. The van der Waals surface area contributed by atoms with Crippen LogP contribution in [0, 0.1) is 0 Å². The fraction of sp³-hybridized carbons (Fsp3) is 0.250. The van der Waals surface area contributed by atoms with Crippen LogP contribution in [0.25, 0.3) is 0 Å². The molecule has 0 saturated carbocycles. The third-order valence-corrected chi connectivity index (χ3v) is 2.94. The summed E-state index contributed by atoms with van der Waals surface area (Å²) in [7, 11) is 0. The summed E-state index contributed by atoms with van der Waals surface area (Å²) in [6, 6.07) is 3.19. The zero-order valence-electron chi connectivity index (χ0n) is 9.88. The van der Waals surface area contributed by atoms with E-state index >= 15 is 0 Å². The third-order valence-electron chi connectivity index (χ3n) is 2.53. The van der Waals surface area contributed by atoms with Crippen LogP contribution in [0.3, 0.4) is 0 Å². The van der Waals surface area contributed by atoms with Crippen LogP contribution < -0.4 is 5.32 Å². The highest BCUT2D eigenvalue weighted by Crippen LogP contribution is 2.17. The smallest absolute Gasteiger partial charge is 0.249 e. The van der Waals surface area contributed by atoms with E-state index in [4.69, 9.17) is 0 Å². The molecule has 94 valence electrons. The van der Waals surface area contributed by atoms with Crippen LogP contribution in [0.15, 0.2) is 41.4 Å². The van der Waals surface area contributed by atoms with Crippen molar-refractivity contribution in [2.45, 2.75) is 19.4 Å². The predicted octanol–water partition coefficient (Wildman–Crippen LogP) is 2.63. The minimum Gasteiger partial charge on any atom is -0.324 e. The number of hydrogen-bond acceptors (Lipinski definition) is 3. The van der Waals surface area contributed by atoms with Gasteiger partial charge in [0.25, 0.3) is 0 Å². The van der Waals surface area contributed by atoms with E-state index in [0.29, 0.717) is 6.42 Å². The van der Waals surface area contributed by atoms with E-state index < -0.39 is 0 Å². The van der Waals surface area contributed by atoms with E-state index in [-0.39, 0.29) is 11.9 Å². The molecular formula is C12H13BrN4O. The van der Waals surface area contributed by atoms with E-state index in [2.05, 4.69) is 31.3 Å². The molecule has 0 aliphatic heterocycles.